The SMILES string of the molecule is O=C(NCCOc1ccc(-c2ccc(F)cc2)nn1)c1cccc(Br)c1. The number of carbonyl (C=O) groups is 1. The molecule has 0 aliphatic heterocycles. The summed E-state index contributed by atoms with van der Waals surface area (Å²) in [7, 11) is 0. The van der Waals surface area contributed by atoms with Crippen molar-refractivity contribution in [3.63, 3.8) is 0 Å². The third-order valence-electron chi connectivity index (χ3n) is 3.50. The number of benzene rings is 2. The Balaban J connectivity index is 1.48. The Bertz CT molecular complexity index is 886. The molecule has 2 aromatic carbocycles. The van der Waals surface area contributed by atoms with Gasteiger partial charge >= 0.3 is 0 Å². The van der Waals surface area contributed by atoms with E-state index >= 15 is 0 Å². The number of hydrogen-bond acceptors (Lipinski definition) is 4. The number of amides is 1. The topological polar surface area (TPSA) is 64.1 Å². The van der Waals surface area contributed by atoms with E-state index in [9.17, 15) is 9.18 Å². The molecule has 0 aliphatic rings. The van der Waals surface area contributed by atoms with Crippen molar-refractivity contribution in [1.82, 2.24) is 15.5 Å². The van der Waals surface area contributed by atoms with Crippen LogP contribution in [0.4, 0.5) is 4.39 Å². The fourth-order valence-electron chi connectivity index (χ4n) is 2.22. The standard InChI is InChI=1S/C19H15BrFN3O2/c20-15-3-1-2-14(12-15)19(25)22-10-11-26-18-9-8-17(23-24-18)13-4-6-16(21)7-5-13/h1-9,12H,10-11H2,(H,22,25). The van der Waals surface area contributed by atoms with Crippen LogP contribution in [0.25, 0.3) is 11.3 Å². The van der Waals surface area contributed by atoms with Gasteiger partial charge in [0.2, 0.25) is 5.88 Å². The van der Waals surface area contributed by atoms with Gasteiger partial charge in [-0.05, 0) is 48.5 Å². The summed E-state index contributed by atoms with van der Waals surface area (Å²) >= 11 is 3.33. The molecule has 0 aliphatic carbocycles. The minimum Gasteiger partial charge on any atom is -0.475 e. The highest BCUT2D eigenvalue weighted by Gasteiger charge is 2.06. The van der Waals surface area contributed by atoms with Crippen LogP contribution in [0, 0.1) is 5.82 Å². The monoisotopic (exact) mass is 415 g/mol. The number of nitrogens with zero attached hydrogens (tertiary/aromatic N) is 2. The van der Waals surface area contributed by atoms with Crippen molar-refractivity contribution in [3.05, 3.63) is 76.5 Å². The first-order chi connectivity index (χ1) is 12.6. The number of halogens is 2. The van der Waals surface area contributed by atoms with E-state index in [0.29, 0.717) is 23.7 Å². The van der Waals surface area contributed by atoms with Gasteiger partial charge in [0.05, 0.1) is 12.2 Å². The number of carbonyl (C=O) groups excluding carboxylic acids is 1. The van der Waals surface area contributed by atoms with Crippen molar-refractivity contribution in [3.8, 4) is 17.1 Å². The number of hydrogen-bond donors (Lipinski definition) is 1. The summed E-state index contributed by atoms with van der Waals surface area (Å²) in [4.78, 5) is 12.0. The first kappa shape index (κ1) is 18.0. The van der Waals surface area contributed by atoms with Crippen molar-refractivity contribution in [2.45, 2.75) is 0 Å². The summed E-state index contributed by atoms with van der Waals surface area (Å²) in [6.07, 6.45) is 0. The maximum atomic E-state index is 12.9. The lowest BCUT2D eigenvalue weighted by Gasteiger charge is -2.07. The predicted octanol–water partition coefficient (Wildman–Crippen LogP) is 3.85. The second kappa shape index (κ2) is 8.53. The molecule has 5 nitrogen and oxygen atoms in total. The largest absolute Gasteiger partial charge is 0.475 e. The maximum absolute atomic E-state index is 12.9. The Hall–Kier alpha value is -2.80. The van der Waals surface area contributed by atoms with Gasteiger partial charge in [-0.2, -0.15) is 0 Å². The van der Waals surface area contributed by atoms with Gasteiger partial charge in [0.1, 0.15) is 12.4 Å². The highest BCUT2D eigenvalue weighted by Crippen LogP contribution is 2.18. The third kappa shape index (κ3) is 4.86. The molecule has 0 bridgehead atoms. The molecule has 0 saturated heterocycles. The summed E-state index contributed by atoms with van der Waals surface area (Å²) in [5.41, 5.74) is 1.97. The van der Waals surface area contributed by atoms with Gasteiger partial charge in [-0.3, -0.25) is 4.79 Å². The highest BCUT2D eigenvalue weighted by molar-refractivity contribution is 9.10. The molecule has 3 aromatic rings. The van der Waals surface area contributed by atoms with Gasteiger partial charge in [-0.1, -0.05) is 22.0 Å². The van der Waals surface area contributed by atoms with E-state index in [1.54, 1.807) is 42.5 Å². The molecule has 0 unspecified atom stereocenters. The van der Waals surface area contributed by atoms with E-state index < -0.39 is 0 Å². The van der Waals surface area contributed by atoms with Crippen molar-refractivity contribution >= 4 is 21.8 Å². The average molecular weight is 416 g/mol. The molecule has 1 amide bonds. The van der Waals surface area contributed by atoms with Gasteiger partial charge in [0.25, 0.3) is 5.91 Å². The van der Waals surface area contributed by atoms with Crippen molar-refractivity contribution in [2.75, 3.05) is 13.2 Å². The quantitative estimate of drug-likeness (QED) is 0.620. The highest BCUT2D eigenvalue weighted by atomic mass is 79.9. The minimum atomic E-state index is -0.299. The van der Waals surface area contributed by atoms with Crippen LogP contribution in [-0.2, 0) is 0 Å². The minimum absolute atomic E-state index is 0.173. The molecule has 0 spiro atoms. The van der Waals surface area contributed by atoms with Gasteiger partial charge in [-0.15, -0.1) is 10.2 Å². The van der Waals surface area contributed by atoms with Crippen molar-refractivity contribution in [2.24, 2.45) is 0 Å². The smallest absolute Gasteiger partial charge is 0.251 e. The van der Waals surface area contributed by atoms with Gasteiger partial charge < -0.3 is 10.1 Å². The molecule has 0 fully saturated rings. The Morgan fingerprint density at radius 2 is 1.88 bits per heavy atom. The molecule has 26 heavy (non-hydrogen) atoms. The van der Waals surface area contributed by atoms with E-state index in [0.717, 1.165) is 10.0 Å². The Morgan fingerprint density at radius 1 is 1.08 bits per heavy atom. The summed E-state index contributed by atoms with van der Waals surface area (Å²) < 4.78 is 19.2. The maximum Gasteiger partial charge on any atom is 0.251 e. The molecule has 7 heteroatoms. The summed E-state index contributed by atoms with van der Waals surface area (Å²) in [5, 5.41) is 10.8. The van der Waals surface area contributed by atoms with E-state index in [4.69, 9.17) is 4.74 Å². The van der Waals surface area contributed by atoms with E-state index in [1.807, 2.05) is 6.07 Å². The molecule has 0 saturated carbocycles. The molecule has 1 N–H and O–H groups in total. The molecule has 0 radical (unpaired) electrons. The second-order valence-corrected chi connectivity index (χ2v) is 6.29. The average Bonchev–Trinajstić information content (AvgIpc) is 2.66. The normalized spacial score (nSPS) is 10.4. The van der Waals surface area contributed by atoms with Crippen LogP contribution >= 0.6 is 15.9 Å². The molecule has 1 aromatic heterocycles. The number of rotatable bonds is 6. The van der Waals surface area contributed by atoms with Gasteiger partial charge in [-0.25, -0.2) is 4.39 Å². The third-order valence-corrected chi connectivity index (χ3v) is 4.00. The van der Waals surface area contributed by atoms with Gasteiger partial charge in [0, 0.05) is 21.7 Å². The molecular formula is C19H15BrFN3O2. The Labute approximate surface area is 158 Å². The number of aromatic nitrogens is 2. The van der Waals surface area contributed by atoms with Crippen LogP contribution in [0.15, 0.2) is 65.1 Å². The van der Waals surface area contributed by atoms with Crippen molar-refractivity contribution in [1.29, 1.82) is 0 Å². The fraction of sp³-hybridized carbons (Fsp3) is 0.105. The van der Waals surface area contributed by atoms with Gasteiger partial charge in [0.15, 0.2) is 0 Å². The lowest BCUT2D eigenvalue weighted by atomic mass is 10.1. The zero-order valence-electron chi connectivity index (χ0n) is 13.7. The van der Waals surface area contributed by atoms with Crippen molar-refractivity contribution < 1.29 is 13.9 Å². The molecule has 132 valence electrons. The molecule has 1 heterocycles. The van der Waals surface area contributed by atoms with Crippen LogP contribution in [-0.4, -0.2) is 29.3 Å². The summed E-state index contributed by atoms with van der Waals surface area (Å²) in [6.45, 7) is 0.608. The van der Waals surface area contributed by atoms with E-state index in [2.05, 4.69) is 31.4 Å². The Kier molecular flexibility index (Phi) is 5.91. The zero-order chi connectivity index (χ0) is 18.4. The number of ether oxygens (including phenoxy) is 1. The van der Waals surface area contributed by atoms with Crippen LogP contribution in [0.3, 0.4) is 0 Å². The first-order valence-electron chi connectivity index (χ1n) is 7.88. The first-order valence-corrected chi connectivity index (χ1v) is 8.67. The fourth-order valence-corrected chi connectivity index (χ4v) is 2.62. The van der Waals surface area contributed by atoms with Crippen LogP contribution < -0.4 is 10.1 Å². The molecule has 3 rings (SSSR count). The second-order valence-electron chi connectivity index (χ2n) is 5.38. The predicted molar refractivity (Wildman–Crippen MR) is 99.4 cm³/mol. The zero-order valence-corrected chi connectivity index (χ0v) is 15.2. The summed E-state index contributed by atoms with van der Waals surface area (Å²) in [5.74, 6) is -0.119. The molecular weight excluding hydrogens is 401 g/mol. The van der Waals surface area contributed by atoms with E-state index in [1.165, 1.54) is 12.1 Å². The number of nitrogens with one attached hydrogen (secondary N) is 1. The van der Waals surface area contributed by atoms with Crippen LogP contribution in [0.1, 0.15) is 10.4 Å². The van der Waals surface area contributed by atoms with Crippen LogP contribution in [0.5, 0.6) is 5.88 Å². The lowest BCUT2D eigenvalue weighted by Crippen LogP contribution is -2.28. The summed E-state index contributed by atoms with van der Waals surface area (Å²) in [6, 6.07) is 16.6. The molecule has 0 atom stereocenters. The van der Waals surface area contributed by atoms with Crippen LogP contribution in [0.2, 0.25) is 0 Å². The lowest BCUT2D eigenvalue weighted by molar-refractivity contribution is 0.0946. The Morgan fingerprint density at radius 3 is 2.58 bits per heavy atom. The van der Waals surface area contributed by atoms with E-state index in [-0.39, 0.29) is 18.3 Å².